The molecule has 0 aliphatic heterocycles. The fourth-order valence-electron chi connectivity index (χ4n) is 1.60. The first-order valence-corrected chi connectivity index (χ1v) is 7.37. The molecule has 1 N–H and O–H groups in total. The summed E-state index contributed by atoms with van der Waals surface area (Å²) in [5, 5.41) is 2.83. The second kappa shape index (κ2) is 7.65. The van der Waals surface area contributed by atoms with Crippen LogP contribution in [-0.2, 0) is 17.1 Å². The number of hydrogen-bond donors (Lipinski definition) is 1. The highest BCUT2D eigenvalue weighted by atomic mass is 32.2. The molecule has 0 atom stereocenters. The lowest BCUT2D eigenvalue weighted by atomic mass is 10.2. The average Bonchev–Trinajstić information content (AvgIpc) is 2.48. The number of carbonyl (C=O) groups is 1. The molecule has 3 nitrogen and oxygen atoms in total. The molecule has 0 saturated heterocycles. The molecule has 20 heavy (non-hydrogen) atoms. The van der Waals surface area contributed by atoms with Gasteiger partial charge in [0.2, 0.25) is 5.91 Å². The van der Waals surface area contributed by atoms with Gasteiger partial charge in [0.1, 0.15) is 5.82 Å². The Morgan fingerprint density at radius 2 is 2.00 bits per heavy atom. The van der Waals surface area contributed by atoms with Crippen LogP contribution >= 0.6 is 11.8 Å². The molecule has 1 heterocycles. The summed E-state index contributed by atoms with van der Waals surface area (Å²) in [4.78, 5) is 15.6. The fourth-order valence-corrected chi connectivity index (χ4v) is 2.41. The van der Waals surface area contributed by atoms with E-state index >= 15 is 0 Å². The Morgan fingerprint density at radius 1 is 1.20 bits per heavy atom. The number of nitrogens with zero attached hydrogens (tertiary/aromatic N) is 1. The second-order valence-electron chi connectivity index (χ2n) is 4.26. The Bertz CT molecular complexity index is 546. The molecule has 5 heteroatoms. The van der Waals surface area contributed by atoms with Crippen molar-refractivity contribution in [1.29, 1.82) is 0 Å². The van der Waals surface area contributed by atoms with Crippen LogP contribution in [0.4, 0.5) is 4.39 Å². The van der Waals surface area contributed by atoms with E-state index in [9.17, 15) is 9.18 Å². The molecule has 0 aliphatic carbocycles. The number of thioether (sulfide) groups is 1. The standard InChI is InChI=1S/C15H15FN2OS/c16-14-5-3-12(4-6-14)10-20-11-15(19)18-9-13-2-1-7-17-8-13/h1-8H,9-11H2,(H,18,19). The van der Waals surface area contributed by atoms with E-state index in [1.165, 1.54) is 23.9 Å². The Balaban J connectivity index is 1.66. The molecule has 0 fully saturated rings. The van der Waals surface area contributed by atoms with Gasteiger partial charge >= 0.3 is 0 Å². The number of hydrogen-bond acceptors (Lipinski definition) is 3. The molecule has 2 aromatic rings. The van der Waals surface area contributed by atoms with Gasteiger partial charge in [-0.1, -0.05) is 18.2 Å². The molecule has 104 valence electrons. The molecule has 2 rings (SSSR count). The minimum absolute atomic E-state index is 0.0130. The molecule has 1 aromatic heterocycles. The summed E-state index contributed by atoms with van der Waals surface area (Å²) >= 11 is 1.51. The van der Waals surface area contributed by atoms with Crippen LogP contribution in [0.5, 0.6) is 0 Å². The van der Waals surface area contributed by atoms with Crippen LogP contribution in [-0.4, -0.2) is 16.6 Å². The van der Waals surface area contributed by atoms with Crippen LogP contribution in [0.3, 0.4) is 0 Å². The number of nitrogens with one attached hydrogen (secondary N) is 1. The smallest absolute Gasteiger partial charge is 0.230 e. The fraction of sp³-hybridized carbons (Fsp3) is 0.200. The summed E-state index contributed by atoms with van der Waals surface area (Å²) in [6.07, 6.45) is 3.43. The van der Waals surface area contributed by atoms with E-state index in [1.807, 2.05) is 12.1 Å². The van der Waals surface area contributed by atoms with Crippen LogP contribution in [0.2, 0.25) is 0 Å². The van der Waals surface area contributed by atoms with Crippen LogP contribution in [0.25, 0.3) is 0 Å². The number of amides is 1. The van der Waals surface area contributed by atoms with Crippen molar-refractivity contribution in [2.45, 2.75) is 12.3 Å². The van der Waals surface area contributed by atoms with E-state index in [-0.39, 0.29) is 11.7 Å². The van der Waals surface area contributed by atoms with Crippen molar-refractivity contribution in [3.05, 3.63) is 65.7 Å². The predicted molar refractivity (Wildman–Crippen MR) is 78.6 cm³/mol. The van der Waals surface area contributed by atoms with Crippen molar-refractivity contribution >= 4 is 17.7 Å². The molecule has 0 aliphatic rings. The SMILES string of the molecule is O=C(CSCc1ccc(F)cc1)NCc1cccnc1. The third-order valence-electron chi connectivity index (χ3n) is 2.63. The minimum atomic E-state index is -0.243. The lowest BCUT2D eigenvalue weighted by Gasteiger charge is -2.05. The molecule has 0 radical (unpaired) electrons. The quantitative estimate of drug-likeness (QED) is 0.889. The minimum Gasteiger partial charge on any atom is -0.351 e. The Morgan fingerprint density at radius 3 is 2.70 bits per heavy atom. The van der Waals surface area contributed by atoms with Crippen molar-refractivity contribution in [2.75, 3.05) is 5.75 Å². The van der Waals surface area contributed by atoms with Crippen molar-refractivity contribution in [3.8, 4) is 0 Å². The lowest BCUT2D eigenvalue weighted by Crippen LogP contribution is -2.24. The van der Waals surface area contributed by atoms with Gasteiger partial charge in [0, 0.05) is 24.7 Å². The van der Waals surface area contributed by atoms with Crippen molar-refractivity contribution < 1.29 is 9.18 Å². The second-order valence-corrected chi connectivity index (χ2v) is 5.24. The molecule has 1 aromatic carbocycles. The zero-order valence-electron chi connectivity index (χ0n) is 10.9. The van der Waals surface area contributed by atoms with Crippen LogP contribution in [0.15, 0.2) is 48.8 Å². The highest BCUT2D eigenvalue weighted by molar-refractivity contribution is 7.99. The van der Waals surface area contributed by atoms with E-state index in [1.54, 1.807) is 24.5 Å². The summed E-state index contributed by atoms with van der Waals surface area (Å²) in [5.41, 5.74) is 1.99. The molecular weight excluding hydrogens is 275 g/mol. The largest absolute Gasteiger partial charge is 0.351 e. The predicted octanol–water partition coefficient (Wildman–Crippen LogP) is 2.77. The van der Waals surface area contributed by atoms with E-state index in [2.05, 4.69) is 10.3 Å². The number of rotatable bonds is 6. The van der Waals surface area contributed by atoms with Gasteiger partial charge in [-0.3, -0.25) is 9.78 Å². The van der Waals surface area contributed by atoms with Gasteiger partial charge in [-0.25, -0.2) is 4.39 Å². The first-order chi connectivity index (χ1) is 9.74. The normalized spacial score (nSPS) is 10.2. The van der Waals surface area contributed by atoms with E-state index in [4.69, 9.17) is 0 Å². The van der Waals surface area contributed by atoms with Crippen LogP contribution < -0.4 is 5.32 Å². The van der Waals surface area contributed by atoms with Gasteiger partial charge in [-0.05, 0) is 29.3 Å². The van der Waals surface area contributed by atoms with Crippen molar-refractivity contribution in [1.82, 2.24) is 10.3 Å². The lowest BCUT2D eigenvalue weighted by molar-refractivity contribution is -0.118. The summed E-state index contributed by atoms with van der Waals surface area (Å²) in [5.74, 6) is 0.826. The zero-order valence-corrected chi connectivity index (χ0v) is 11.7. The third kappa shape index (κ3) is 5.01. The monoisotopic (exact) mass is 290 g/mol. The third-order valence-corrected chi connectivity index (χ3v) is 3.63. The van der Waals surface area contributed by atoms with Crippen molar-refractivity contribution in [3.63, 3.8) is 0 Å². The van der Waals surface area contributed by atoms with E-state index in [0.717, 1.165) is 11.1 Å². The summed E-state index contributed by atoms with van der Waals surface area (Å²) in [7, 11) is 0. The first-order valence-electron chi connectivity index (χ1n) is 6.22. The number of halogens is 1. The summed E-state index contributed by atoms with van der Waals surface area (Å²) in [6, 6.07) is 10.1. The molecule has 0 saturated carbocycles. The zero-order chi connectivity index (χ0) is 14.2. The molecule has 1 amide bonds. The molecular formula is C15H15FN2OS. The number of carbonyl (C=O) groups excluding carboxylic acids is 1. The summed E-state index contributed by atoms with van der Waals surface area (Å²) in [6.45, 7) is 0.490. The first kappa shape index (κ1) is 14.5. The van der Waals surface area contributed by atoms with Crippen LogP contribution in [0, 0.1) is 5.82 Å². The van der Waals surface area contributed by atoms with Gasteiger partial charge in [-0.15, -0.1) is 11.8 Å². The van der Waals surface area contributed by atoms with E-state index in [0.29, 0.717) is 18.1 Å². The number of pyridine rings is 1. The van der Waals surface area contributed by atoms with Crippen LogP contribution in [0.1, 0.15) is 11.1 Å². The van der Waals surface area contributed by atoms with E-state index < -0.39 is 0 Å². The number of aromatic nitrogens is 1. The van der Waals surface area contributed by atoms with Gasteiger partial charge in [-0.2, -0.15) is 0 Å². The Kier molecular flexibility index (Phi) is 5.55. The van der Waals surface area contributed by atoms with Gasteiger partial charge in [0.25, 0.3) is 0 Å². The topological polar surface area (TPSA) is 42.0 Å². The highest BCUT2D eigenvalue weighted by Gasteiger charge is 2.02. The Hall–Kier alpha value is -1.88. The molecule has 0 bridgehead atoms. The maximum atomic E-state index is 12.7. The average molecular weight is 290 g/mol. The maximum absolute atomic E-state index is 12.7. The molecule has 0 spiro atoms. The molecule has 0 unspecified atom stereocenters. The summed E-state index contributed by atoms with van der Waals surface area (Å²) < 4.78 is 12.7. The highest BCUT2D eigenvalue weighted by Crippen LogP contribution is 2.12. The number of benzene rings is 1. The van der Waals surface area contributed by atoms with Gasteiger partial charge < -0.3 is 5.32 Å². The Labute approximate surface area is 121 Å². The van der Waals surface area contributed by atoms with Gasteiger partial charge in [0.05, 0.1) is 5.75 Å². The maximum Gasteiger partial charge on any atom is 0.230 e. The van der Waals surface area contributed by atoms with Gasteiger partial charge in [0.15, 0.2) is 0 Å². The van der Waals surface area contributed by atoms with Crippen molar-refractivity contribution in [2.24, 2.45) is 0 Å².